The lowest BCUT2D eigenvalue weighted by Gasteiger charge is -2.14. The first-order valence-electron chi connectivity index (χ1n) is 8.88. The van der Waals surface area contributed by atoms with Gasteiger partial charge in [-0.3, -0.25) is 9.59 Å². The Morgan fingerprint density at radius 2 is 1.54 bits per heavy atom. The van der Waals surface area contributed by atoms with Gasteiger partial charge in [0.15, 0.2) is 0 Å². The fraction of sp³-hybridized carbons (Fsp3) is 0.136. The number of carbonyl (C=O) groups excluding carboxylic acids is 2. The molecule has 0 saturated carbocycles. The van der Waals surface area contributed by atoms with Gasteiger partial charge in [0.1, 0.15) is 17.2 Å². The molecule has 2 amide bonds. The molecule has 2 aromatic carbocycles. The molecule has 1 heterocycles. The normalized spacial score (nSPS) is 11.5. The number of aromatic nitrogens is 1. The van der Waals surface area contributed by atoms with Gasteiger partial charge >= 0.3 is 0 Å². The minimum Gasteiger partial charge on any atom is -0.347 e. The number of hydrogen-bond acceptors (Lipinski definition) is 3. The molecule has 3 aromatic rings. The van der Waals surface area contributed by atoms with Crippen LogP contribution in [0.1, 0.15) is 45.1 Å². The molecule has 0 radical (unpaired) electrons. The molecule has 0 aliphatic carbocycles. The number of carbonyl (C=O) groups is 2. The number of halogens is 1. The summed E-state index contributed by atoms with van der Waals surface area (Å²) in [4.78, 5) is 29.0. The summed E-state index contributed by atoms with van der Waals surface area (Å²) in [7, 11) is 0. The van der Waals surface area contributed by atoms with Crippen LogP contribution in [0.4, 0.5) is 4.39 Å². The van der Waals surface area contributed by atoms with Crippen LogP contribution < -0.4 is 10.6 Å². The van der Waals surface area contributed by atoms with Crippen LogP contribution in [-0.4, -0.2) is 16.8 Å². The molecule has 1 unspecified atom stereocenters. The lowest BCUT2D eigenvalue weighted by atomic mass is 10.1. The molecule has 0 aliphatic heterocycles. The predicted octanol–water partition coefficient (Wildman–Crippen LogP) is 3.64. The molecule has 6 heteroatoms. The van der Waals surface area contributed by atoms with Crippen molar-refractivity contribution in [1.29, 1.82) is 0 Å². The van der Waals surface area contributed by atoms with Crippen LogP contribution in [0.5, 0.6) is 0 Å². The van der Waals surface area contributed by atoms with E-state index in [2.05, 4.69) is 15.6 Å². The van der Waals surface area contributed by atoms with Gasteiger partial charge in [0, 0.05) is 6.54 Å². The Balaban J connectivity index is 1.63. The molecule has 142 valence electrons. The Labute approximate surface area is 162 Å². The quantitative estimate of drug-likeness (QED) is 0.689. The standard InChI is InChI=1S/C22H20FN3O2/c1-15(17-6-3-2-4-7-17)25-22(28)20-9-5-8-19(26-20)21(27)24-14-16-10-12-18(23)13-11-16/h2-13,15H,14H2,1H3,(H,24,27)(H,25,28). The van der Waals surface area contributed by atoms with Gasteiger partial charge in [0.25, 0.3) is 11.8 Å². The third kappa shape index (κ3) is 5.01. The van der Waals surface area contributed by atoms with Crippen LogP contribution in [-0.2, 0) is 6.54 Å². The summed E-state index contributed by atoms with van der Waals surface area (Å²) in [6.07, 6.45) is 0. The summed E-state index contributed by atoms with van der Waals surface area (Å²) >= 11 is 0. The van der Waals surface area contributed by atoms with Crippen molar-refractivity contribution in [3.63, 3.8) is 0 Å². The molecule has 0 fully saturated rings. The molecular formula is C22H20FN3O2. The topological polar surface area (TPSA) is 71.1 Å². The predicted molar refractivity (Wildman–Crippen MR) is 104 cm³/mol. The van der Waals surface area contributed by atoms with Crippen molar-refractivity contribution >= 4 is 11.8 Å². The molecule has 2 N–H and O–H groups in total. The first-order valence-corrected chi connectivity index (χ1v) is 8.88. The molecule has 0 saturated heterocycles. The maximum Gasteiger partial charge on any atom is 0.270 e. The number of nitrogens with zero attached hydrogens (tertiary/aromatic N) is 1. The molecule has 1 atom stereocenters. The van der Waals surface area contributed by atoms with Crippen molar-refractivity contribution in [3.05, 3.63) is 101 Å². The zero-order valence-corrected chi connectivity index (χ0v) is 15.4. The molecule has 0 spiro atoms. The third-order valence-corrected chi connectivity index (χ3v) is 4.23. The van der Waals surface area contributed by atoms with Crippen molar-refractivity contribution in [2.24, 2.45) is 0 Å². The van der Waals surface area contributed by atoms with Gasteiger partial charge in [-0.2, -0.15) is 0 Å². The molecule has 0 bridgehead atoms. The van der Waals surface area contributed by atoms with Crippen molar-refractivity contribution in [2.75, 3.05) is 0 Å². The van der Waals surface area contributed by atoms with Gasteiger partial charge in [0.2, 0.25) is 0 Å². The van der Waals surface area contributed by atoms with E-state index in [1.165, 1.54) is 18.2 Å². The number of rotatable bonds is 6. The monoisotopic (exact) mass is 377 g/mol. The summed E-state index contributed by atoms with van der Waals surface area (Å²) < 4.78 is 12.9. The summed E-state index contributed by atoms with van der Waals surface area (Å²) in [6.45, 7) is 2.12. The summed E-state index contributed by atoms with van der Waals surface area (Å²) in [5, 5.41) is 5.58. The third-order valence-electron chi connectivity index (χ3n) is 4.23. The Kier molecular flexibility index (Phi) is 6.11. The smallest absolute Gasteiger partial charge is 0.270 e. The van der Waals surface area contributed by atoms with Crippen molar-refractivity contribution in [2.45, 2.75) is 19.5 Å². The first kappa shape index (κ1) is 19.2. The number of pyridine rings is 1. The van der Waals surface area contributed by atoms with E-state index in [0.717, 1.165) is 11.1 Å². The lowest BCUT2D eigenvalue weighted by Crippen LogP contribution is -2.29. The van der Waals surface area contributed by atoms with Crippen molar-refractivity contribution < 1.29 is 14.0 Å². The van der Waals surface area contributed by atoms with Crippen LogP contribution >= 0.6 is 0 Å². The average molecular weight is 377 g/mol. The molecule has 5 nitrogen and oxygen atoms in total. The Morgan fingerprint density at radius 3 is 2.21 bits per heavy atom. The number of nitrogens with one attached hydrogen (secondary N) is 2. The van der Waals surface area contributed by atoms with E-state index in [1.54, 1.807) is 24.3 Å². The summed E-state index contributed by atoms with van der Waals surface area (Å²) in [6, 6.07) is 20.0. The second kappa shape index (κ2) is 8.90. The average Bonchev–Trinajstić information content (AvgIpc) is 2.73. The van der Waals surface area contributed by atoms with Crippen molar-refractivity contribution in [1.82, 2.24) is 15.6 Å². The molecular weight excluding hydrogens is 357 g/mol. The second-order valence-electron chi connectivity index (χ2n) is 6.32. The van der Waals surface area contributed by atoms with Gasteiger partial charge in [-0.25, -0.2) is 9.37 Å². The Bertz CT molecular complexity index is 959. The molecule has 28 heavy (non-hydrogen) atoms. The lowest BCUT2D eigenvalue weighted by molar-refractivity contribution is 0.0933. The van der Waals surface area contributed by atoms with Gasteiger partial charge in [-0.05, 0) is 42.3 Å². The highest BCUT2D eigenvalue weighted by molar-refractivity contribution is 5.96. The van der Waals surface area contributed by atoms with E-state index in [4.69, 9.17) is 0 Å². The van der Waals surface area contributed by atoms with E-state index >= 15 is 0 Å². The van der Waals surface area contributed by atoms with Crippen LogP contribution in [0, 0.1) is 5.82 Å². The molecule has 0 aliphatic rings. The first-order chi connectivity index (χ1) is 13.5. The number of amides is 2. The van der Waals surface area contributed by atoms with E-state index in [-0.39, 0.29) is 35.7 Å². The van der Waals surface area contributed by atoms with Crippen LogP contribution in [0.2, 0.25) is 0 Å². The number of hydrogen-bond donors (Lipinski definition) is 2. The second-order valence-corrected chi connectivity index (χ2v) is 6.32. The van der Waals surface area contributed by atoms with Gasteiger partial charge in [-0.15, -0.1) is 0 Å². The van der Waals surface area contributed by atoms with E-state index in [0.29, 0.717) is 0 Å². The van der Waals surface area contributed by atoms with E-state index in [9.17, 15) is 14.0 Å². The zero-order valence-electron chi connectivity index (χ0n) is 15.4. The molecule has 3 rings (SSSR count). The Hall–Kier alpha value is -3.54. The number of benzene rings is 2. The van der Waals surface area contributed by atoms with Gasteiger partial charge < -0.3 is 10.6 Å². The van der Waals surface area contributed by atoms with Crippen LogP contribution in [0.25, 0.3) is 0 Å². The highest BCUT2D eigenvalue weighted by Gasteiger charge is 2.15. The van der Waals surface area contributed by atoms with Crippen LogP contribution in [0.3, 0.4) is 0 Å². The molecule has 1 aromatic heterocycles. The van der Waals surface area contributed by atoms with Crippen molar-refractivity contribution in [3.8, 4) is 0 Å². The fourth-order valence-corrected chi connectivity index (χ4v) is 2.66. The summed E-state index contributed by atoms with van der Waals surface area (Å²) in [5.41, 5.74) is 2.05. The summed E-state index contributed by atoms with van der Waals surface area (Å²) in [5.74, 6) is -1.10. The highest BCUT2D eigenvalue weighted by Crippen LogP contribution is 2.12. The minimum absolute atomic E-state index is 0.141. The fourth-order valence-electron chi connectivity index (χ4n) is 2.66. The van der Waals surface area contributed by atoms with Gasteiger partial charge in [-0.1, -0.05) is 48.5 Å². The zero-order chi connectivity index (χ0) is 19.9. The maximum atomic E-state index is 12.9. The SMILES string of the molecule is CC(NC(=O)c1cccc(C(=O)NCc2ccc(F)cc2)n1)c1ccccc1. The van der Waals surface area contributed by atoms with E-state index < -0.39 is 5.91 Å². The minimum atomic E-state index is -0.407. The van der Waals surface area contributed by atoms with E-state index in [1.807, 2.05) is 37.3 Å². The maximum absolute atomic E-state index is 12.9. The Morgan fingerprint density at radius 1 is 0.893 bits per heavy atom. The van der Waals surface area contributed by atoms with Gasteiger partial charge in [0.05, 0.1) is 6.04 Å². The highest BCUT2D eigenvalue weighted by atomic mass is 19.1. The largest absolute Gasteiger partial charge is 0.347 e. The van der Waals surface area contributed by atoms with Crippen LogP contribution in [0.15, 0.2) is 72.8 Å².